The zero-order valence-corrected chi connectivity index (χ0v) is 10.2. The fraction of sp³-hybridized carbons (Fsp3) is 0.0909. The summed E-state index contributed by atoms with van der Waals surface area (Å²) in [6.07, 6.45) is 1.63. The van der Waals surface area contributed by atoms with Gasteiger partial charge in [-0.05, 0) is 18.2 Å². The van der Waals surface area contributed by atoms with Gasteiger partial charge in [0.1, 0.15) is 5.75 Å². The van der Waals surface area contributed by atoms with E-state index in [1.165, 1.54) is 19.2 Å². The predicted molar refractivity (Wildman–Crippen MR) is 64.1 cm³/mol. The maximum absolute atomic E-state index is 11.7. The van der Waals surface area contributed by atoms with Gasteiger partial charge in [0.05, 0.1) is 17.7 Å². The quantitative estimate of drug-likeness (QED) is 0.677. The Morgan fingerprint density at radius 3 is 2.47 bits per heavy atom. The minimum absolute atomic E-state index is 0.0797. The van der Waals surface area contributed by atoms with Crippen molar-refractivity contribution in [1.29, 1.82) is 0 Å². The number of hydrogen-bond donors (Lipinski definition) is 1. The molecule has 0 aromatic heterocycles. The Labute approximate surface area is 107 Å². The van der Waals surface area contributed by atoms with Crippen molar-refractivity contribution >= 4 is 35.0 Å². The summed E-state index contributed by atoms with van der Waals surface area (Å²) in [7, 11) is 1.36. The third kappa shape index (κ3) is 3.47. The van der Waals surface area contributed by atoms with Crippen molar-refractivity contribution in [2.24, 2.45) is 0 Å². The van der Waals surface area contributed by atoms with Gasteiger partial charge < -0.3 is 9.84 Å². The van der Waals surface area contributed by atoms with Crippen LogP contribution in [-0.2, 0) is 4.79 Å². The van der Waals surface area contributed by atoms with Crippen LogP contribution in [0, 0.1) is 0 Å². The van der Waals surface area contributed by atoms with Crippen LogP contribution in [0.4, 0.5) is 0 Å². The molecule has 0 aliphatic heterocycles. The third-order valence-electron chi connectivity index (χ3n) is 1.86. The van der Waals surface area contributed by atoms with Crippen LogP contribution in [0.2, 0.25) is 10.0 Å². The van der Waals surface area contributed by atoms with Crippen molar-refractivity contribution in [3.8, 4) is 5.75 Å². The van der Waals surface area contributed by atoms with Gasteiger partial charge in [0.2, 0.25) is 0 Å². The third-order valence-corrected chi connectivity index (χ3v) is 2.38. The van der Waals surface area contributed by atoms with Crippen molar-refractivity contribution in [2.75, 3.05) is 7.11 Å². The molecule has 1 aromatic carbocycles. The van der Waals surface area contributed by atoms with E-state index in [0.29, 0.717) is 5.02 Å². The number of carboxylic acids is 1. The molecule has 90 valence electrons. The highest BCUT2D eigenvalue weighted by Gasteiger charge is 2.15. The lowest BCUT2D eigenvalue weighted by atomic mass is 10.1. The maximum Gasteiger partial charge on any atom is 0.328 e. The van der Waals surface area contributed by atoms with E-state index in [4.69, 9.17) is 33.0 Å². The van der Waals surface area contributed by atoms with Gasteiger partial charge in [0.25, 0.3) is 0 Å². The molecule has 0 fully saturated rings. The Bertz CT molecular complexity index is 494. The number of carbonyl (C=O) groups is 2. The molecule has 0 unspecified atom stereocenters. The number of rotatable bonds is 4. The van der Waals surface area contributed by atoms with Crippen LogP contribution in [0.25, 0.3) is 0 Å². The zero-order chi connectivity index (χ0) is 13.0. The summed E-state index contributed by atoms with van der Waals surface area (Å²) in [6.45, 7) is 0. The average Bonchev–Trinajstić information content (AvgIpc) is 2.24. The van der Waals surface area contributed by atoms with E-state index in [9.17, 15) is 9.59 Å². The number of carboxylic acid groups (broad SMARTS) is 1. The number of methoxy groups -OCH3 is 1. The lowest BCUT2D eigenvalue weighted by Gasteiger charge is -2.08. The summed E-state index contributed by atoms with van der Waals surface area (Å²) in [5.74, 6) is -1.59. The van der Waals surface area contributed by atoms with E-state index in [0.717, 1.165) is 12.2 Å². The fourth-order valence-electron chi connectivity index (χ4n) is 1.18. The molecule has 0 atom stereocenters. The van der Waals surface area contributed by atoms with E-state index in [1.54, 1.807) is 0 Å². The monoisotopic (exact) mass is 274 g/mol. The molecule has 1 aromatic rings. The first-order valence-electron chi connectivity index (χ1n) is 4.44. The molecule has 0 heterocycles. The van der Waals surface area contributed by atoms with Crippen LogP contribution in [0.1, 0.15) is 10.4 Å². The minimum Gasteiger partial charge on any atom is -0.496 e. The number of ketones is 1. The molecule has 0 saturated heterocycles. The number of hydrogen-bond acceptors (Lipinski definition) is 3. The van der Waals surface area contributed by atoms with E-state index >= 15 is 0 Å². The first-order valence-corrected chi connectivity index (χ1v) is 5.19. The van der Waals surface area contributed by atoms with Crippen molar-refractivity contribution in [1.82, 2.24) is 0 Å². The fourth-order valence-corrected chi connectivity index (χ4v) is 1.75. The summed E-state index contributed by atoms with van der Waals surface area (Å²) in [5, 5.41) is 8.86. The van der Waals surface area contributed by atoms with Gasteiger partial charge >= 0.3 is 5.97 Å². The number of benzene rings is 1. The molecule has 0 bridgehead atoms. The highest BCUT2D eigenvalue weighted by atomic mass is 35.5. The predicted octanol–water partition coefficient (Wildman–Crippen LogP) is 2.83. The first-order chi connectivity index (χ1) is 7.95. The molecule has 0 aliphatic carbocycles. The molecule has 0 radical (unpaired) electrons. The molecule has 0 saturated carbocycles. The molecule has 0 aliphatic rings. The van der Waals surface area contributed by atoms with Gasteiger partial charge in [-0.2, -0.15) is 0 Å². The van der Waals surface area contributed by atoms with Gasteiger partial charge in [0.15, 0.2) is 5.78 Å². The summed E-state index contributed by atoms with van der Waals surface area (Å²) >= 11 is 11.6. The maximum atomic E-state index is 11.7. The van der Waals surface area contributed by atoms with Crippen LogP contribution in [0.15, 0.2) is 24.3 Å². The van der Waals surface area contributed by atoms with Crippen LogP contribution in [-0.4, -0.2) is 24.0 Å². The van der Waals surface area contributed by atoms with Crippen molar-refractivity contribution in [3.63, 3.8) is 0 Å². The second-order valence-corrected chi connectivity index (χ2v) is 3.84. The summed E-state index contributed by atoms with van der Waals surface area (Å²) in [5.41, 5.74) is 0.0797. The largest absolute Gasteiger partial charge is 0.496 e. The van der Waals surface area contributed by atoms with Gasteiger partial charge in [0, 0.05) is 11.1 Å². The van der Waals surface area contributed by atoms with Gasteiger partial charge in [-0.1, -0.05) is 23.2 Å². The number of halogens is 2. The molecular weight excluding hydrogens is 267 g/mol. The highest BCUT2D eigenvalue weighted by Crippen LogP contribution is 2.31. The summed E-state index contributed by atoms with van der Waals surface area (Å²) in [4.78, 5) is 22.0. The first kappa shape index (κ1) is 13.5. The second kappa shape index (κ2) is 5.70. The van der Waals surface area contributed by atoms with E-state index in [2.05, 4.69) is 0 Å². The van der Waals surface area contributed by atoms with Gasteiger partial charge in [-0.25, -0.2) is 4.79 Å². The Hall–Kier alpha value is -1.52. The Balaban J connectivity index is 3.21. The molecule has 0 amide bonds. The summed E-state index contributed by atoms with van der Waals surface area (Å²) < 4.78 is 4.96. The lowest BCUT2D eigenvalue weighted by molar-refractivity contribution is -0.131. The van der Waals surface area contributed by atoms with E-state index in [1.807, 2.05) is 0 Å². The smallest absolute Gasteiger partial charge is 0.328 e. The van der Waals surface area contributed by atoms with Gasteiger partial charge in [-0.3, -0.25) is 4.79 Å². The molecule has 6 heteroatoms. The second-order valence-electron chi connectivity index (χ2n) is 3.00. The molecule has 0 spiro atoms. The van der Waals surface area contributed by atoms with Crippen molar-refractivity contribution < 1.29 is 19.4 Å². The molecule has 17 heavy (non-hydrogen) atoms. The number of ether oxygens (including phenoxy) is 1. The number of aliphatic carboxylic acids is 1. The topological polar surface area (TPSA) is 63.6 Å². The molecule has 1 rings (SSSR count). The number of carbonyl (C=O) groups excluding carboxylic acids is 1. The lowest BCUT2D eigenvalue weighted by Crippen LogP contribution is -2.01. The highest BCUT2D eigenvalue weighted by molar-refractivity contribution is 6.37. The zero-order valence-electron chi connectivity index (χ0n) is 8.74. The van der Waals surface area contributed by atoms with E-state index in [-0.39, 0.29) is 16.3 Å². The van der Waals surface area contributed by atoms with Crippen LogP contribution in [0.3, 0.4) is 0 Å². The number of allylic oxidation sites excluding steroid dienone is 1. The average molecular weight is 275 g/mol. The molecular formula is C11H8Cl2O4. The van der Waals surface area contributed by atoms with E-state index < -0.39 is 11.8 Å². The molecule has 4 nitrogen and oxygen atoms in total. The normalized spacial score (nSPS) is 10.5. The standard InChI is InChI=1S/C11H8Cl2O4/c1-17-9-5-6(12)4-7(13)11(9)8(14)2-3-10(15)16/h2-5H,1H3,(H,15,16)/b3-2+. The summed E-state index contributed by atoms with van der Waals surface area (Å²) in [6, 6.07) is 2.81. The Kier molecular flexibility index (Phi) is 4.54. The van der Waals surface area contributed by atoms with Gasteiger partial charge in [-0.15, -0.1) is 0 Å². The van der Waals surface area contributed by atoms with Crippen LogP contribution < -0.4 is 4.74 Å². The Morgan fingerprint density at radius 1 is 1.29 bits per heavy atom. The minimum atomic E-state index is -1.22. The van der Waals surface area contributed by atoms with Crippen molar-refractivity contribution in [3.05, 3.63) is 39.9 Å². The van der Waals surface area contributed by atoms with Crippen molar-refractivity contribution in [2.45, 2.75) is 0 Å². The van der Waals surface area contributed by atoms with Crippen LogP contribution >= 0.6 is 23.2 Å². The molecule has 1 N–H and O–H groups in total. The SMILES string of the molecule is COc1cc(Cl)cc(Cl)c1C(=O)/C=C/C(=O)O. The Morgan fingerprint density at radius 2 is 1.94 bits per heavy atom. The van der Waals surface area contributed by atoms with Crippen LogP contribution in [0.5, 0.6) is 5.75 Å².